The van der Waals surface area contributed by atoms with E-state index in [1.807, 2.05) is 60.7 Å². The monoisotopic (exact) mass is 324 g/mol. The lowest BCUT2D eigenvalue weighted by Gasteiger charge is -2.30. The SMILES string of the molecule is O=C1CCC([N+](=O)[O-])C(CC(c2ccccc2)c2ccccc2)N1. The van der Waals surface area contributed by atoms with Crippen LogP contribution in [0, 0.1) is 10.1 Å². The molecule has 0 spiro atoms. The number of carbonyl (C=O) groups is 1. The van der Waals surface area contributed by atoms with Crippen molar-refractivity contribution in [3.05, 3.63) is 81.9 Å². The first-order valence-corrected chi connectivity index (χ1v) is 8.18. The number of amides is 1. The highest BCUT2D eigenvalue weighted by Gasteiger charge is 2.38. The summed E-state index contributed by atoms with van der Waals surface area (Å²) in [5, 5.41) is 14.2. The molecular formula is C19H20N2O3. The summed E-state index contributed by atoms with van der Waals surface area (Å²) in [5.74, 6) is -0.0868. The molecule has 1 fully saturated rings. The van der Waals surface area contributed by atoms with E-state index in [0.29, 0.717) is 12.8 Å². The summed E-state index contributed by atoms with van der Waals surface area (Å²) in [7, 11) is 0. The molecule has 0 bridgehead atoms. The molecule has 0 aromatic heterocycles. The number of hydrogen-bond acceptors (Lipinski definition) is 3. The smallest absolute Gasteiger partial charge is 0.233 e. The van der Waals surface area contributed by atoms with Gasteiger partial charge in [0.15, 0.2) is 0 Å². The lowest BCUT2D eigenvalue weighted by molar-refractivity contribution is -0.528. The molecule has 1 aliphatic heterocycles. The number of carbonyl (C=O) groups excluding carboxylic acids is 1. The molecule has 1 aliphatic rings. The number of nitro groups is 1. The molecule has 1 saturated heterocycles. The van der Waals surface area contributed by atoms with Gasteiger partial charge in [-0.15, -0.1) is 0 Å². The molecule has 1 N–H and O–H groups in total. The average Bonchev–Trinajstić information content (AvgIpc) is 2.61. The van der Waals surface area contributed by atoms with Crippen LogP contribution in [0.1, 0.15) is 36.3 Å². The predicted octanol–water partition coefficient (Wildman–Crippen LogP) is 3.13. The Morgan fingerprint density at radius 3 is 2.08 bits per heavy atom. The van der Waals surface area contributed by atoms with Crippen LogP contribution in [0.5, 0.6) is 0 Å². The third-order valence-corrected chi connectivity index (χ3v) is 4.64. The van der Waals surface area contributed by atoms with Gasteiger partial charge in [0.25, 0.3) is 0 Å². The Morgan fingerprint density at radius 2 is 1.58 bits per heavy atom. The highest BCUT2D eigenvalue weighted by atomic mass is 16.6. The zero-order valence-corrected chi connectivity index (χ0v) is 13.3. The zero-order valence-electron chi connectivity index (χ0n) is 13.3. The summed E-state index contributed by atoms with van der Waals surface area (Å²) in [6.07, 6.45) is 1.05. The summed E-state index contributed by atoms with van der Waals surface area (Å²) >= 11 is 0. The third kappa shape index (κ3) is 3.62. The van der Waals surface area contributed by atoms with E-state index in [1.165, 1.54) is 0 Å². The molecule has 2 aromatic carbocycles. The molecule has 0 radical (unpaired) electrons. The fourth-order valence-electron chi connectivity index (χ4n) is 3.41. The molecule has 124 valence electrons. The van der Waals surface area contributed by atoms with E-state index in [-0.39, 0.29) is 23.2 Å². The van der Waals surface area contributed by atoms with Crippen LogP contribution in [0.4, 0.5) is 0 Å². The number of hydrogen-bond donors (Lipinski definition) is 1. The van der Waals surface area contributed by atoms with Crippen molar-refractivity contribution in [3.63, 3.8) is 0 Å². The van der Waals surface area contributed by atoms with Crippen LogP contribution in [0.2, 0.25) is 0 Å². The van der Waals surface area contributed by atoms with Crippen molar-refractivity contribution in [1.29, 1.82) is 0 Å². The van der Waals surface area contributed by atoms with E-state index in [4.69, 9.17) is 0 Å². The van der Waals surface area contributed by atoms with Gasteiger partial charge >= 0.3 is 0 Å². The van der Waals surface area contributed by atoms with Crippen molar-refractivity contribution in [2.75, 3.05) is 0 Å². The van der Waals surface area contributed by atoms with Crippen LogP contribution in [-0.4, -0.2) is 22.9 Å². The van der Waals surface area contributed by atoms with E-state index in [1.54, 1.807) is 0 Å². The minimum absolute atomic E-state index is 0.0123. The average molecular weight is 324 g/mol. The van der Waals surface area contributed by atoms with Crippen molar-refractivity contribution in [1.82, 2.24) is 5.32 Å². The molecule has 24 heavy (non-hydrogen) atoms. The Balaban J connectivity index is 1.91. The Bertz CT molecular complexity index is 664. The molecule has 5 nitrogen and oxygen atoms in total. The summed E-state index contributed by atoms with van der Waals surface area (Å²) in [6, 6.07) is 18.7. The van der Waals surface area contributed by atoms with Crippen LogP contribution in [-0.2, 0) is 4.79 Å². The largest absolute Gasteiger partial charge is 0.346 e. The minimum Gasteiger partial charge on any atom is -0.346 e. The summed E-state index contributed by atoms with van der Waals surface area (Å²) < 4.78 is 0. The van der Waals surface area contributed by atoms with E-state index in [2.05, 4.69) is 5.32 Å². The number of rotatable bonds is 5. The maximum atomic E-state index is 11.8. The van der Waals surface area contributed by atoms with Crippen LogP contribution in [0.25, 0.3) is 0 Å². The van der Waals surface area contributed by atoms with Gasteiger partial charge in [-0.05, 0) is 17.5 Å². The topological polar surface area (TPSA) is 72.2 Å². The van der Waals surface area contributed by atoms with Crippen molar-refractivity contribution in [2.45, 2.75) is 37.3 Å². The Kier molecular flexibility index (Phi) is 4.89. The van der Waals surface area contributed by atoms with Gasteiger partial charge in [0.2, 0.25) is 11.9 Å². The first-order chi connectivity index (χ1) is 11.6. The van der Waals surface area contributed by atoms with Crippen LogP contribution >= 0.6 is 0 Å². The quantitative estimate of drug-likeness (QED) is 0.678. The maximum Gasteiger partial charge on any atom is 0.233 e. The lowest BCUT2D eigenvalue weighted by Crippen LogP contribution is -2.51. The minimum atomic E-state index is -0.724. The van der Waals surface area contributed by atoms with E-state index in [0.717, 1.165) is 11.1 Å². The summed E-state index contributed by atoms with van der Waals surface area (Å²) in [6.45, 7) is 0. The second kappa shape index (κ2) is 7.25. The third-order valence-electron chi connectivity index (χ3n) is 4.64. The summed E-state index contributed by atoms with van der Waals surface area (Å²) in [5.41, 5.74) is 2.20. The van der Waals surface area contributed by atoms with E-state index < -0.39 is 12.1 Å². The predicted molar refractivity (Wildman–Crippen MR) is 91.3 cm³/mol. The lowest BCUT2D eigenvalue weighted by atomic mass is 9.82. The van der Waals surface area contributed by atoms with Gasteiger partial charge in [-0.2, -0.15) is 0 Å². The number of benzene rings is 2. The molecule has 3 rings (SSSR count). The fourth-order valence-corrected chi connectivity index (χ4v) is 3.41. The van der Waals surface area contributed by atoms with Gasteiger partial charge in [-0.3, -0.25) is 14.9 Å². The van der Waals surface area contributed by atoms with Gasteiger partial charge in [-0.25, -0.2) is 0 Å². The van der Waals surface area contributed by atoms with Gasteiger partial charge < -0.3 is 5.32 Å². The molecule has 0 aliphatic carbocycles. The number of nitrogens with one attached hydrogen (secondary N) is 1. The Hall–Kier alpha value is -2.69. The van der Waals surface area contributed by atoms with Crippen molar-refractivity contribution < 1.29 is 9.72 Å². The second-order valence-electron chi connectivity index (χ2n) is 6.18. The van der Waals surface area contributed by atoms with Crippen molar-refractivity contribution >= 4 is 5.91 Å². The van der Waals surface area contributed by atoms with Gasteiger partial charge in [0, 0.05) is 23.7 Å². The van der Waals surface area contributed by atoms with Gasteiger partial charge in [0.1, 0.15) is 0 Å². The molecule has 1 amide bonds. The van der Waals surface area contributed by atoms with E-state index >= 15 is 0 Å². The molecular weight excluding hydrogens is 304 g/mol. The standard InChI is InChI=1S/C19H20N2O3/c22-19-12-11-18(21(23)24)17(20-19)13-16(14-7-3-1-4-8-14)15-9-5-2-6-10-15/h1-10,16-18H,11-13H2,(H,20,22). The fraction of sp³-hybridized carbons (Fsp3) is 0.316. The van der Waals surface area contributed by atoms with Crippen LogP contribution < -0.4 is 5.32 Å². The number of nitrogens with zero attached hydrogens (tertiary/aromatic N) is 1. The van der Waals surface area contributed by atoms with Gasteiger partial charge in [0.05, 0.1) is 6.04 Å². The van der Waals surface area contributed by atoms with Crippen molar-refractivity contribution in [3.8, 4) is 0 Å². The summed E-state index contributed by atoms with van der Waals surface area (Å²) in [4.78, 5) is 22.9. The Morgan fingerprint density at radius 1 is 1.04 bits per heavy atom. The first-order valence-electron chi connectivity index (χ1n) is 8.18. The van der Waals surface area contributed by atoms with Crippen molar-refractivity contribution in [2.24, 2.45) is 0 Å². The van der Waals surface area contributed by atoms with Gasteiger partial charge in [-0.1, -0.05) is 60.7 Å². The molecule has 1 heterocycles. The molecule has 0 saturated carbocycles. The first kappa shape index (κ1) is 16.2. The molecule has 5 heteroatoms. The normalized spacial score (nSPS) is 20.6. The molecule has 2 atom stereocenters. The highest BCUT2D eigenvalue weighted by Crippen LogP contribution is 2.31. The number of piperidine rings is 1. The maximum absolute atomic E-state index is 11.8. The van der Waals surface area contributed by atoms with E-state index in [9.17, 15) is 14.9 Å². The second-order valence-corrected chi connectivity index (χ2v) is 6.18. The van der Waals surface area contributed by atoms with Crippen LogP contribution in [0.15, 0.2) is 60.7 Å². The van der Waals surface area contributed by atoms with Crippen LogP contribution in [0.3, 0.4) is 0 Å². The Labute approximate surface area is 140 Å². The molecule has 2 unspecified atom stereocenters. The zero-order chi connectivity index (χ0) is 16.9. The highest BCUT2D eigenvalue weighted by molar-refractivity contribution is 5.77. The molecule has 2 aromatic rings.